The van der Waals surface area contributed by atoms with E-state index in [1.807, 2.05) is 12.3 Å². The van der Waals surface area contributed by atoms with Crippen LogP contribution in [0.4, 0.5) is 0 Å². The van der Waals surface area contributed by atoms with E-state index in [2.05, 4.69) is 17.6 Å². The summed E-state index contributed by atoms with van der Waals surface area (Å²) < 4.78 is 5.67. The van der Waals surface area contributed by atoms with Crippen LogP contribution in [0.5, 0.6) is 0 Å². The molecule has 22 heavy (non-hydrogen) atoms. The molecule has 6 heteroatoms. The third-order valence-electron chi connectivity index (χ3n) is 4.76. The van der Waals surface area contributed by atoms with Gasteiger partial charge in [0, 0.05) is 29.7 Å². The van der Waals surface area contributed by atoms with Crippen molar-refractivity contribution in [2.45, 2.75) is 51.8 Å². The summed E-state index contributed by atoms with van der Waals surface area (Å²) in [6.45, 7) is 6.31. The van der Waals surface area contributed by atoms with Gasteiger partial charge in [0.1, 0.15) is 0 Å². The second-order valence-corrected chi connectivity index (χ2v) is 7.13. The van der Waals surface area contributed by atoms with Crippen LogP contribution in [-0.2, 0) is 16.0 Å². The first kappa shape index (κ1) is 15.5. The number of amides is 2. The summed E-state index contributed by atoms with van der Waals surface area (Å²) in [5.41, 5.74) is 1.89. The van der Waals surface area contributed by atoms with Gasteiger partial charge in [-0.1, -0.05) is 6.92 Å². The summed E-state index contributed by atoms with van der Waals surface area (Å²) in [5.74, 6) is 0.191. The molecule has 1 aliphatic heterocycles. The summed E-state index contributed by atoms with van der Waals surface area (Å²) in [4.78, 5) is 25.2. The normalized spacial score (nSPS) is 29.6. The van der Waals surface area contributed by atoms with Gasteiger partial charge in [-0.25, -0.2) is 0 Å². The van der Waals surface area contributed by atoms with Gasteiger partial charge in [0.15, 0.2) is 0 Å². The first-order valence-corrected chi connectivity index (χ1v) is 8.67. The Kier molecular flexibility index (Phi) is 4.23. The Labute approximate surface area is 134 Å². The van der Waals surface area contributed by atoms with E-state index in [4.69, 9.17) is 4.74 Å². The van der Waals surface area contributed by atoms with Crippen molar-refractivity contribution in [3.05, 3.63) is 21.4 Å². The van der Waals surface area contributed by atoms with Crippen LogP contribution in [0.15, 0.2) is 5.38 Å². The van der Waals surface area contributed by atoms with Crippen molar-refractivity contribution in [1.82, 2.24) is 10.6 Å². The van der Waals surface area contributed by atoms with Gasteiger partial charge in [0.25, 0.3) is 5.91 Å². The molecule has 1 aliphatic carbocycles. The van der Waals surface area contributed by atoms with E-state index in [1.54, 1.807) is 11.3 Å². The van der Waals surface area contributed by atoms with Crippen LogP contribution >= 0.6 is 11.3 Å². The second kappa shape index (κ2) is 6.01. The highest BCUT2D eigenvalue weighted by molar-refractivity contribution is 7.10. The van der Waals surface area contributed by atoms with Crippen molar-refractivity contribution in [3.8, 4) is 0 Å². The molecule has 4 atom stereocenters. The molecule has 0 bridgehead atoms. The zero-order valence-corrected chi connectivity index (χ0v) is 14.0. The number of ether oxygens (including phenoxy) is 1. The number of fused-ring (bicyclic) bond motifs is 1. The maximum Gasteiger partial charge on any atom is 0.252 e. The van der Waals surface area contributed by atoms with Gasteiger partial charge in [-0.3, -0.25) is 9.59 Å². The largest absolute Gasteiger partial charge is 0.376 e. The van der Waals surface area contributed by atoms with Gasteiger partial charge >= 0.3 is 0 Å². The quantitative estimate of drug-likeness (QED) is 0.885. The first-order valence-electron chi connectivity index (χ1n) is 7.79. The molecule has 2 N–H and O–H groups in total. The zero-order valence-electron chi connectivity index (χ0n) is 13.1. The fourth-order valence-corrected chi connectivity index (χ4v) is 4.59. The van der Waals surface area contributed by atoms with Crippen LogP contribution in [0.3, 0.4) is 0 Å². The molecular weight excluding hydrogens is 300 g/mol. The minimum atomic E-state index is -0.112. The maximum absolute atomic E-state index is 12.6. The summed E-state index contributed by atoms with van der Waals surface area (Å²) >= 11 is 1.61. The summed E-state index contributed by atoms with van der Waals surface area (Å²) in [7, 11) is 0. The van der Waals surface area contributed by atoms with E-state index < -0.39 is 0 Å². The fraction of sp³-hybridized carbons (Fsp3) is 0.625. The highest BCUT2D eigenvalue weighted by atomic mass is 32.1. The second-order valence-electron chi connectivity index (χ2n) is 6.05. The molecule has 0 aromatic carbocycles. The fourth-order valence-electron chi connectivity index (χ4n) is 3.65. The Morgan fingerprint density at radius 2 is 2.14 bits per heavy atom. The van der Waals surface area contributed by atoms with Crippen molar-refractivity contribution >= 4 is 23.2 Å². The van der Waals surface area contributed by atoms with Crippen molar-refractivity contribution in [2.75, 3.05) is 6.61 Å². The predicted molar refractivity (Wildman–Crippen MR) is 85.1 cm³/mol. The molecule has 1 aromatic rings. The SMILES string of the molecule is CCc1c(C(=O)N[C@H]2[C@H]3CCO[C@H]3[C@@H]2NC(C)=O)csc1C. The molecule has 1 saturated carbocycles. The zero-order chi connectivity index (χ0) is 15.9. The number of carbonyl (C=O) groups excluding carboxylic acids is 2. The summed E-state index contributed by atoms with van der Waals surface area (Å²) in [6, 6.07) is -0.146. The Morgan fingerprint density at radius 1 is 1.36 bits per heavy atom. The highest BCUT2D eigenvalue weighted by Crippen LogP contribution is 2.39. The average molecular weight is 322 g/mol. The predicted octanol–water partition coefficient (Wildman–Crippen LogP) is 1.64. The number of nitrogens with one attached hydrogen (secondary N) is 2. The topological polar surface area (TPSA) is 67.4 Å². The van der Waals surface area contributed by atoms with Crippen LogP contribution in [0.1, 0.15) is 41.1 Å². The minimum Gasteiger partial charge on any atom is -0.376 e. The lowest BCUT2D eigenvalue weighted by Crippen LogP contribution is -2.70. The molecule has 120 valence electrons. The molecular formula is C16H22N2O3S. The molecule has 2 heterocycles. The van der Waals surface area contributed by atoms with E-state index in [-0.39, 0.29) is 30.0 Å². The van der Waals surface area contributed by atoms with E-state index in [0.717, 1.165) is 24.0 Å². The molecule has 1 saturated heterocycles. The van der Waals surface area contributed by atoms with Crippen LogP contribution in [-0.4, -0.2) is 36.6 Å². The maximum atomic E-state index is 12.6. The van der Waals surface area contributed by atoms with E-state index >= 15 is 0 Å². The lowest BCUT2D eigenvalue weighted by molar-refractivity contribution is -0.123. The van der Waals surface area contributed by atoms with Gasteiger partial charge in [-0.15, -0.1) is 11.3 Å². The Hall–Kier alpha value is -1.40. The Morgan fingerprint density at radius 3 is 2.82 bits per heavy atom. The number of hydrogen-bond acceptors (Lipinski definition) is 4. The Bertz CT molecular complexity index is 598. The van der Waals surface area contributed by atoms with Gasteiger partial charge in [-0.05, 0) is 25.3 Å². The number of hydrogen-bond donors (Lipinski definition) is 2. The van der Waals surface area contributed by atoms with Crippen molar-refractivity contribution < 1.29 is 14.3 Å². The number of rotatable bonds is 4. The Balaban J connectivity index is 1.73. The molecule has 0 radical (unpaired) electrons. The third-order valence-corrected chi connectivity index (χ3v) is 5.71. The van der Waals surface area contributed by atoms with Gasteiger partial charge in [-0.2, -0.15) is 0 Å². The monoisotopic (exact) mass is 322 g/mol. The van der Waals surface area contributed by atoms with Crippen LogP contribution in [0, 0.1) is 12.8 Å². The highest BCUT2D eigenvalue weighted by Gasteiger charge is 2.55. The van der Waals surface area contributed by atoms with Gasteiger partial charge < -0.3 is 15.4 Å². The van der Waals surface area contributed by atoms with Crippen LogP contribution in [0.25, 0.3) is 0 Å². The van der Waals surface area contributed by atoms with E-state index in [0.29, 0.717) is 12.5 Å². The smallest absolute Gasteiger partial charge is 0.252 e. The van der Waals surface area contributed by atoms with Gasteiger partial charge in [0.2, 0.25) is 5.91 Å². The number of thiophene rings is 1. The lowest BCUT2D eigenvalue weighted by Gasteiger charge is -2.47. The molecule has 2 amide bonds. The van der Waals surface area contributed by atoms with Gasteiger partial charge in [0.05, 0.1) is 23.8 Å². The molecule has 2 fully saturated rings. The van der Waals surface area contributed by atoms with E-state index in [9.17, 15) is 9.59 Å². The van der Waals surface area contributed by atoms with Crippen LogP contribution in [0.2, 0.25) is 0 Å². The molecule has 1 aromatic heterocycles. The summed E-state index contributed by atoms with van der Waals surface area (Å²) in [6.07, 6.45) is 1.84. The molecule has 5 nitrogen and oxygen atoms in total. The van der Waals surface area contributed by atoms with E-state index in [1.165, 1.54) is 11.8 Å². The van der Waals surface area contributed by atoms with Crippen molar-refractivity contribution in [2.24, 2.45) is 5.92 Å². The summed E-state index contributed by atoms with van der Waals surface area (Å²) in [5, 5.41) is 7.96. The number of carbonyl (C=O) groups is 2. The number of aryl methyl sites for hydroxylation is 1. The van der Waals surface area contributed by atoms with Crippen molar-refractivity contribution in [1.29, 1.82) is 0 Å². The lowest BCUT2D eigenvalue weighted by atomic mass is 9.71. The third kappa shape index (κ3) is 2.54. The molecule has 0 spiro atoms. The first-order chi connectivity index (χ1) is 10.5. The average Bonchev–Trinajstić information content (AvgIpc) is 3.06. The van der Waals surface area contributed by atoms with Crippen molar-refractivity contribution in [3.63, 3.8) is 0 Å². The minimum absolute atomic E-state index is 0.0335. The molecule has 3 rings (SSSR count). The van der Waals surface area contributed by atoms with Crippen LogP contribution < -0.4 is 10.6 Å². The molecule has 0 unspecified atom stereocenters. The molecule has 2 aliphatic rings. The standard InChI is InChI=1S/C16H22N2O3S/c1-4-10-8(2)22-7-12(10)16(20)18-13-11-5-6-21-15(11)14(13)17-9(3)19/h7,11,13-15H,4-6H2,1-3H3,(H,17,19)(H,18,20)/t11-,13+,14-,15-/m1/s1.